The Morgan fingerprint density at radius 3 is 3.14 bits per heavy atom. The molecule has 0 amide bonds. The second-order valence-corrected chi connectivity index (χ2v) is 3.05. The van der Waals surface area contributed by atoms with Gasteiger partial charge in [0.25, 0.3) is 0 Å². The van der Waals surface area contributed by atoms with Crippen LogP contribution in [0, 0.1) is 6.33 Å². The summed E-state index contributed by atoms with van der Waals surface area (Å²) < 4.78 is 1.97. The minimum Gasteiger partial charge on any atom is -0.431 e. The molecule has 3 nitrogen and oxygen atoms in total. The molecule has 0 bridgehead atoms. The zero-order valence-corrected chi connectivity index (χ0v) is 10.3. The van der Waals surface area contributed by atoms with E-state index in [2.05, 4.69) is 28.8 Å². The first-order valence-corrected chi connectivity index (χ1v) is 4.21. The van der Waals surface area contributed by atoms with Gasteiger partial charge in [-0.2, -0.15) is 0 Å². The van der Waals surface area contributed by atoms with Crippen LogP contribution in [0.25, 0.3) is 11.3 Å². The van der Waals surface area contributed by atoms with E-state index in [9.17, 15) is 0 Å². The predicted octanol–water partition coefficient (Wildman–Crippen LogP) is 1.73. The molecule has 2 aromatic rings. The Balaban J connectivity index is 0.000000750. The van der Waals surface area contributed by atoms with Crippen LogP contribution in [-0.2, 0) is 27.7 Å². The molecule has 1 aliphatic rings. The molecule has 0 unspecified atom stereocenters. The molecule has 1 aromatic heterocycles. The Hall–Kier alpha value is -1.08. The zero-order valence-electron chi connectivity index (χ0n) is 7.40. The van der Waals surface area contributed by atoms with E-state index < -0.39 is 0 Å². The average Bonchev–Trinajstić information content (AvgIpc) is 2.65. The largest absolute Gasteiger partial charge is 0.431 e. The number of benzene rings is 1. The number of anilines is 1. The summed E-state index contributed by atoms with van der Waals surface area (Å²) in [6.45, 7) is 0.756. The first kappa shape index (κ1) is 9.47. The van der Waals surface area contributed by atoms with Gasteiger partial charge in [0.1, 0.15) is 0 Å². The zero-order chi connectivity index (χ0) is 8.67. The minimum atomic E-state index is 0. The van der Waals surface area contributed by atoms with Crippen molar-refractivity contribution >= 4 is 5.69 Å². The number of aromatic nitrogens is 2. The van der Waals surface area contributed by atoms with E-state index in [0.29, 0.717) is 0 Å². The van der Waals surface area contributed by atoms with Crippen LogP contribution in [0.2, 0.25) is 0 Å². The Morgan fingerprint density at radius 2 is 2.21 bits per heavy atom. The van der Waals surface area contributed by atoms with E-state index >= 15 is 0 Å². The van der Waals surface area contributed by atoms with Crippen LogP contribution in [-0.4, -0.2) is 9.55 Å². The molecular formula is C10H8N3W-. The quantitative estimate of drug-likeness (QED) is 0.731. The maximum absolute atomic E-state index is 4.00. The van der Waals surface area contributed by atoms with Crippen LogP contribution in [0.3, 0.4) is 0 Å². The molecule has 4 heteroatoms. The third kappa shape index (κ3) is 1.28. The molecule has 14 heavy (non-hydrogen) atoms. The van der Waals surface area contributed by atoms with Gasteiger partial charge in [-0.05, 0) is 11.6 Å². The fourth-order valence-electron chi connectivity index (χ4n) is 1.64. The van der Waals surface area contributed by atoms with Crippen LogP contribution < -0.4 is 5.32 Å². The Labute approximate surface area is 96.4 Å². The van der Waals surface area contributed by atoms with Gasteiger partial charge in [0.2, 0.25) is 0 Å². The summed E-state index contributed by atoms with van der Waals surface area (Å²) in [7, 11) is 0. The van der Waals surface area contributed by atoms with E-state index in [-0.39, 0.29) is 21.1 Å². The molecule has 0 fully saturated rings. The second kappa shape index (κ2) is 3.58. The fraction of sp³-hybridized carbons (Fsp3) is 0.100. The van der Waals surface area contributed by atoms with Crippen molar-refractivity contribution in [1.29, 1.82) is 0 Å². The Morgan fingerprint density at radius 1 is 1.36 bits per heavy atom. The number of para-hydroxylation sites is 1. The van der Waals surface area contributed by atoms with E-state index in [1.807, 2.05) is 22.9 Å². The number of rotatable bonds is 0. The molecule has 0 saturated heterocycles. The van der Waals surface area contributed by atoms with Gasteiger partial charge in [-0.1, -0.05) is 23.9 Å². The van der Waals surface area contributed by atoms with Crippen molar-refractivity contribution in [3.8, 4) is 11.3 Å². The van der Waals surface area contributed by atoms with Gasteiger partial charge in [-0.3, -0.25) is 0 Å². The molecule has 0 aliphatic carbocycles. The first-order valence-electron chi connectivity index (χ1n) is 4.21. The third-order valence-corrected chi connectivity index (χ3v) is 2.29. The molecule has 1 aliphatic heterocycles. The van der Waals surface area contributed by atoms with Gasteiger partial charge >= 0.3 is 0 Å². The Bertz CT molecular complexity index is 450. The average molecular weight is 354 g/mol. The topological polar surface area (TPSA) is 29.9 Å². The summed E-state index contributed by atoms with van der Waals surface area (Å²) in [5.74, 6) is 0. The molecule has 1 N–H and O–H groups in total. The van der Waals surface area contributed by atoms with Crippen molar-refractivity contribution in [3.05, 3.63) is 36.8 Å². The van der Waals surface area contributed by atoms with Crippen LogP contribution in [0.4, 0.5) is 5.69 Å². The van der Waals surface area contributed by atoms with Crippen molar-refractivity contribution in [2.24, 2.45) is 0 Å². The van der Waals surface area contributed by atoms with Crippen molar-refractivity contribution in [2.75, 3.05) is 5.32 Å². The van der Waals surface area contributed by atoms with Crippen molar-refractivity contribution in [1.82, 2.24) is 9.55 Å². The standard InChI is InChI=1S/C10H8N3.W/c1-2-4-9-8(3-1)10-5-11-6-13(10)7-12-9;/h1-5,12H,7H2;/q-1;. The molecule has 2 heterocycles. The molecule has 3 rings (SSSR count). The molecule has 0 radical (unpaired) electrons. The number of fused-ring (bicyclic) bond motifs is 3. The molecule has 0 saturated carbocycles. The third-order valence-electron chi connectivity index (χ3n) is 2.29. The van der Waals surface area contributed by atoms with Crippen molar-refractivity contribution < 1.29 is 21.1 Å². The summed E-state index contributed by atoms with van der Waals surface area (Å²) in [4.78, 5) is 4.00. The number of nitrogens with zero attached hydrogens (tertiary/aromatic N) is 2. The van der Waals surface area contributed by atoms with Gasteiger partial charge in [0.05, 0.1) is 6.67 Å². The molecule has 1 aromatic carbocycles. The van der Waals surface area contributed by atoms with E-state index in [0.717, 1.165) is 12.4 Å². The predicted molar refractivity (Wildman–Crippen MR) is 50.1 cm³/mol. The minimum absolute atomic E-state index is 0. The van der Waals surface area contributed by atoms with Crippen LogP contribution in [0.1, 0.15) is 0 Å². The molecule has 0 spiro atoms. The van der Waals surface area contributed by atoms with Gasteiger partial charge in [0.15, 0.2) is 0 Å². The maximum Gasteiger partial charge on any atom is 0.0707 e. The van der Waals surface area contributed by atoms with Crippen LogP contribution in [0.5, 0.6) is 0 Å². The number of hydrogen-bond donors (Lipinski definition) is 1. The molecule has 0 atom stereocenters. The summed E-state index contributed by atoms with van der Waals surface area (Å²) in [5, 5.41) is 3.30. The summed E-state index contributed by atoms with van der Waals surface area (Å²) in [6, 6.07) is 8.22. The SMILES string of the molecule is [W].[c-]1ncc2n1CNc1ccccc1-2. The fourth-order valence-corrected chi connectivity index (χ4v) is 1.64. The monoisotopic (exact) mass is 354 g/mol. The van der Waals surface area contributed by atoms with Crippen LogP contribution >= 0.6 is 0 Å². The summed E-state index contributed by atoms with van der Waals surface area (Å²) in [6.07, 6.45) is 4.75. The van der Waals surface area contributed by atoms with Gasteiger partial charge in [-0.25, -0.2) is 0 Å². The van der Waals surface area contributed by atoms with Crippen LogP contribution in [0.15, 0.2) is 30.5 Å². The van der Waals surface area contributed by atoms with Crippen molar-refractivity contribution in [2.45, 2.75) is 6.67 Å². The van der Waals surface area contributed by atoms with Crippen molar-refractivity contribution in [3.63, 3.8) is 0 Å². The summed E-state index contributed by atoms with van der Waals surface area (Å²) >= 11 is 0. The van der Waals surface area contributed by atoms with E-state index in [4.69, 9.17) is 0 Å². The first-order chi connectivity index (χ1) is 6.45. The number of hydrogen-bond acceptors (Lipinski definition) is 2. The molecule has 70 valence electrons. The number of imidazole rings is 1. The normalized spacial score (nSPS) is 12.0. The number of nitrogens with one attached hydrogen (secondary N) is 1. The Kier molecular flexibility index (Phi) is 2.42. The molecular weight excluding hydrogens is 346 g/mol. The van der Waals surface area contributed by atoms with E-state index in [1.54, 1.807) is 0 Å². The van der Waals surface area contributed by atoms with Gasteiger partial charge < -0.3 is 14.9 Å². The van der Waals surface area contributed by atoms with Gasteiger partial charge in [0, 0.05) is 33.1 Å². The summed E-state index contributed by atoms with van der Waals surface area (Å²) in [5.41, 5.74) is 3.50. The second-order valence-electron chi connectivity index (χ2n) is 3.05. The maximum atomic E-state index is 4.00. The van der Waals surface area contributed by atoms with E-state index in [1.165, 1.54) is 11.3 Å². The van der Waals surface area contributed by atoms with Gasteiger partial charge in [-0.15, -0.1) is 6.20 Å². The smallest absolute Gasteiger partial charge is 0.0707 e.